The van der Waals surface area contributed by atoms with Gasteiger partial charge in [0, 0.05) is 6.04 Å². The summed E-state index contributed by atoms with van der Waals surface area (Å²) in [6, 6.07) is 9.01. The lowest BCUT2D eigenvalue weighted by Crippen LogP contribution is -2.61. The first-order valence-electron chi connectivity index (χ1n) is 7.81. The Labute approximate surface area is 125 Å². The molecule has 1 heterocycles. The van der Waals surface area contributed by atoms with Gasteiger partial charge in [-0.3, -0.25) is 9.59 Å². The fourth-order valence-electron chi connectivity index (χ4n) is 3.02. The number of hydrogen-bond donors (Lipinski definition) is 1. The highest BCUT2D eigenvalue weighted by molar-refractivity contribution is 5.98. The van der Waals surface area contributed by atoms with E-state index in [4.69, 9.17) is 0 Å². The van der Waals surface area contributed by atoms with E-state index < -0.39 is 6.04 Å². The number of amides is 2. The van der Waals surface area contributed by atoms with Crippen LogP contribution in [0.1, 0.15) is 44.7 Å². The molecule has 1 aliphatic heterocycles. The van der Waals surface area contributed by atoms with E-state index in [0.717, 1.165) is 24.8 Å². The summed E-state index contributed by atoms with van der Waals surface area (Å²) in [4.78, 5) is 27.3. The van der Waals surface area contributed by atoms with Crippen molar-refractivity contribution in [1.29, 1.82) is 0 Å². The highest BCUT2D eigenvalue weighted by atomic mass is 16.2. The van der Waals surface area contributed by atoms with Gasteiger partial charge in [0.2, 0.25) is 11.8 Å². The van der Waals surface area contributed by atoms with Crippen LogP contribution < -0.4 is 5.32 Å². The van der Waals surface area contributed by atoms with Gasteiger partial charge in [-0.2, -0.15) is 0 Å². The fraction of sp³-hybridized carbons (Fsp3) is 0.529. The Balaban J connectivity index is 1.94. The van der Waals surface area contributed by atoms with Crippen molar-refractivity contribution in [1.82, 2.24) is 10.2 Å². The number of piperazine rings is 1. The molecule has 112 valence electrons. The summed E-state index contributed by atoms with van der Waals surface area (Å²) in [6.07, 6.45) is 2.90. The van der Waals surface area contributed by atoms with Crippen LogP contribution in [0.4, 0.5) is 0 Å². The Bertz CT molecular complexity index is 539. The Morgan fingerprint density at radius 2 is 1.90 bits per heavy atom. The lowest BCUT2D eigenvalue weighted by molar-refractivity contribution is -0.152. The molecule has 4 nitrogen and oxygen atoms in total. The standard InChI is InChI=1S/C17H22N2O2/c1-3-11(2)14-17(21)19(13-9-10-13)15(16(20)18-14)12-7-5-4-6-8-12/h4-8,11,13-15H,3,9-10H2,1-2H3,(H,18,20). The molecule has 1 aliphatic carbocycles. The Hall–Kier alpha value is -1.84. The second-order valence-corrected chi connectivity index (χ2v) is 6.16. The van der Waals surface area contributed by atoms with Crippen LogP contribution in [-0.2, 0) is 9.59 Å². The van der Waals surface area contributed by atoms with Crippen molar-refractivity contribution in [2.24, 2.45) is 5.92 Å². The van der Waals surface area contributed by atoms with Gasteiger partial charge >= 0.3 is 0 Å². The molecule has 0 spiro atoms. The SMILES string of the molecule is CCC(C)C1NC(=O)C(c2ccccc2)N(C2CC2)C1=O. The lowest BCUT2D eigenvalue weighted by atomic mass is 9.92. The minimum atomic E-state index is -0.466. The van der Waals surface area contributed by atoms with Crippen molar-refractivity contribution in [2.75, 3.05) is 0 Å². The normalized spacial score (nSPS) is 27.4. The smallest absolute Gasteiger partial charge is 0.248 e. The van der Waals surface area contributed by atoms with Gasteiger partial charge in [-0.25, -0.2) is 0 Å². The van der Waals surface area contributed by atoms with Crippen LogP contribution in [-0.4, -0.2) is 28.8 Å². The van der Waals surface area contributed by atoms with Crippen molar-refractivity contribution >= 4 is 11.8 Å². The molecule has 3 unspecified atom stereocenters. The quantitative estimate of drug-likeness (QED) is 0.923. The number of hydrogen-bond acceptors (Lipinski definition) is 2. The zero-order valence-corrected chi connectivity index (χ0v) is 12.6. The maximum atomic E-state index is 12.8. The maximum Gasteiger partial charge on any atom is 0.248 e. The largest absolute Gasteiger partial charge is 0.342 e. The van der Waals surface area contributed by atoms with E-state index in [1.54, 1.807) is 0 Å². The molecule has 1 aromatic rings. The zero-order chi connectivity index (χ0) is 15.0. The van der Waals surface area contributed by atoms with Crippen LogP contribution in [0.15, 0.2) is 30.3 Å². The highest BCUT2D eigenvalue weighted by Gasteiger charge is 2.48. The molecule has 1 N–H and O–H groups in total. The first kappa shape index (κ1) is 14.1. The topological polar surface area (TPSA) is 49.4 Å². The van der Waals surface area contributed by atoms with Gasteiger partial charge in [-0.05, 0) is 24.3 Å². The van der Waals surface area contributed by atoms with E-state index in [0.29, 0.717) is 0 Å². The first-order valence-corrected chi connectivity index (χ1v) is 7.81. The first-order chi connectivity index (χ1) is 10.1. The van der Waals surface area contributed by atoms with Gasteiger partial charge in [-0.15, -0.1) is 0 Å². The molecule has 1 aromatic carbocycles. The van der Waals surface area contributed by atoms with Gasteiger partial charge in [0.05, 0.1) is 0 Å². The number of carbonyl (C=O) groups excluding carboxylic acids is 2. The molecule has 1 saturated carbocycles. The third-order valence-electron chi connectivity index (χ3n) is 4.61. The van der Waals surface area contributed by atoms with E-state index in [2.05, 4.69) is 12.2 Å². The van der Waals surface area contributed by atoms with Crippen molar-refractivity contribution < 1.29 is 9.59 Å². The summed E-state index contributed by atoms with van der Waals surface area (Å²) in [5.41, 5.74) is 0.901. The van der Waals surface area contributed by atoms with Crippen LogP contribution in [0, 0.1) is 5.92 Å². The molecule has 2 fully saturated rings. The Morgan fingerprint density at radius 3 is 2.48 bits per heavy atom. The van der Waals surface area contributed by atoms with Crippen molar-refractivity contribution in [3.8, 4) is 0 Å². The van der Waals surface area contributed by atoms with E-state index in [9.17, 15) is 9.59 Å². The van der Waals surface area contributed by atoms with E-state index in [1.165, 1.54) is 0 Å². The number of nitrogens with zero attached hydrogens (tertiary/aromatic N) is 1. The third kappa shape index (κ3) is 2.55. The van der Waals surface area contributed by atoms with Crippen molar-refractivity contribution in [3.05, 3.63) is 35.9 Å². The molecule has 2 amide bonds. The van der Waals surface area contributed by atoms with Gasteiger partial charge in [0.15, 0.2) is 0 Å². The molecule has 0 aromatic heterocycles. The molecule has 1 saturated heterocycles. The molecule has 2 aliphatic rings. The van der Waals surface area contributed by atoms with Gasteiger partial charge in [0.25, 0.3) is 0 Å². The predicted octanol–water partition coefficient (Wildman–Crippen LogP) is 2.26. The second kappa shape index (κ2) is 5.51. The number of nitrogens with one attached hydrogen (secondary N) is 1. The predicted molar refractivity (Wildman–Crippen MR) is 80.4 cm³/mol. The van der Waals surface area contributed by atoms with Crippen LogP contribution in [0.2, 0.25) is 0 Å². The maximum absolute atomic E-state index is 12.8. The Morgan fingerprint density at radius 1 is 1.24 bits per heavy atom. The van der Waals surface area contributed by atoms with Crippen LogP contribution in [0.3, 0.4) is 0 Å². The summed E-state index contributed by atoms with van der Waals surface area (Å²) in [6.45, 7) is 4.08. The van der Waals surface area contributed by atoms with E-state index in [-0.39, 0.29) is 29.8 Å². The molecule has 21 heavy (non-hydrogen) atoms. The highest BCUT2D eigenvalue weighted by Crippen LogP contribution is 2.38. The molecule has 3 rings (SSSR count). The van der Waals surface area contributed by atoms with Gasteiger partial charge in [-0.1, -0.05) is 50.6 Å². The van der Waals surface area contributed by atoms with Crippen LogP contribution >= 0.6 is 0 Å². The zero-order valence-electron chi connectivity index (χ0n) is 12.6. The van der Waals surface area contributed by atoms with Crippen LogP contribution in [0.25, 0.3) is 0 Å². The summed E-state index contributed by atoms with van der Waals surface area (Å²) in [5.74, 6) is 0.206. The van der Waals surface area contributed by atoms with Crippen LogP contribution in [0.5, 0.6) is 0 Å². The van der Waals surface area contributed by atoms with Crippen molar-refractivity contribution in [2.45, 2.75) is 51.2 Å². The molecule has 0 radical (unpaired) electrons. The average Bonchev–Trinajstić information content (AvgIpc) is 3.33. The number of carbonyl (C=O) groups is 2. The third-order valence-corrected chi connectivity index (χ3v) is 4.61. The molecular weight excluding hydrogens is 264 g/mol. The molecule has 3 atom stereocenters. The van der Waals surface area contributed by atoms with E-state index in [1.807, 2.05) is 42.2 Å². The number of rotatable bonds is 4. The minimum absolute atomic E-state index is 0.0435. The summed E-state index contributed by atoms with van der Waals surface area (Å²) < 4.78 is 0. The molecular formula is C17H22N2O2. The lowest BCUT2D eigenvalue weighted by Gasteiger charge is -2.41. The average molecular weight is 286 g/mol. The fourth-order valence-corrected chi connectivity index (χ4v) is 3.02. The van der Waals surface area contributed by atoms with Gasteiger partial charge in [0.1, 0.15) is 12.1 Å². The summed E-state index contributed by atoms with van der Waals surface area (Å²) in [7, 11) is 0. The summed E-state index contributed by atoms with van der Waals surface area (Å²) >= 11 is 0. The summed E-state index contributed by atoms with van der Waals surface area (Å²) in [5, 5.41) is 2.95. The Kier molecular flexibility index (Phi) is 3.70. The number of benzene rings is 1. The van der Waals surface area contributed by atoms with Crippen molar-refractivity contribution in [3.63, 3.8) is 0 Å². The minimum Gasteiger partial charge on any atom is -0.342 e. The monoisotopic (exact) mass is 286 g/mol. The van der Waals surface area contributed by atoms with Gasteiger partial charge < -0.3 is 10.2 Å². The van der Waals surface area contributed by atoms with E-state index >= 15 is 0 Å². The molecule has 4 heteroatoms. The molecule has 0 bridgehead atoms. The second-order valence-electron chi connectivity index (χ2n) is 6.16.